The van der Waals surface area contributed by atoms with Crippen molar-refractivity contribution < 1.29 is 9.18 Å². The van der Waals surface area contributed by atoms with Crippen molar-refractivity contribution in [2.45, 2.75) is 18.6 Å². The lowest BCUT2D eigenvalue weighted by Gasteiger charge is -2.27. The van der Waals surface area contributed by atoms with Gasteiger partial charge in [-0.05, 0) is 6.42 Å². The van der Waals surface area contributed by atoms with Gasteiger partial charge in [-0.3, -0.25) is 9.69 Å². The largest absolute Gasteiger partial charge is 0.369 e. The molecule has 0 bridgehead atoms. The van der Waals surface area contributed by atoms with Crippen LogP contribution in [-0.2, 0) is 4.79 Å². The highest BCUT2D eigenvalue weighted by atomic mass is 19.1. The van der Waals surface area contributed by atoms with Crippen LogP contribution < -0.4 is 10.6 Å². The smallest absolute Gasteiger partial charge is 0.231 e. The lowest BCUT2D eigenvalue weighted by molar-refractivity contribution is -0.119. The zero-order valence-corrected chi connectivity index (χ0v) is 11.7. The summed E-state index contributed by atoms with van der Waals surface area (Å²) in [5.41, 5.74) is 5.43. The van der Waals surface area contributed by atoms with E-state index < -0.39 is 12.1 Å². The number of aromatic nitrogens is 2. The Morgan fingerprint density at radius 2 is 2.38 bits per heavy atom. The number of carbonyl (C=O) groups is 1. The number of anilines is 1. The molecular weight excluding hydrogens is 275 g/mol. The third-order valence-electron chi connectivity index (χ3n) is 3.46. The zero-order valence-electron chi connectivity index (χ0n) is 11.7. The molecule has 1 aromatic heterocycles. The molecule has 7 nitrogen and oxygen atoms in total. The maximum Gasteiger partial charge on any atom is 0.231 e. The number of alkyl halides is 1. The number of likely N-dealkylation sites (N-methyl/N-ethyl adjacent to an activating group) is 1. The normalized spacial score (nSPS) is 22.0. The van der Waals surface area contributed by atoms with E-state index in [1.807, 2.05) is 18.0 Å². The molecule has 1 aromatic rings. The molecule has 1 amide bonds. The molecule has 1 saturated heterocycles. The molecule has 0 saturated carbocycles. The van der Waals surface area contributed by atoms with Crippen LogP contribution in [0.2, 0.25) is 0 Å². The van der Waals surface area contributed by atoms with E-state index in [-0.39, 0.29) is 24.8 Å². The predicted molar refractivity (Wildman–Crippen MR) is 74.1 cm³/mol. The summed E-state index contributed by atoms with van der Waals surface area (Å²) in [5, 5.41) is 8.69. The van der Waals surface area contributed by atoms with E-state index in [2.05, 4.69) is 9.97 Å². The molecule has 112 valence electrons. The number of hydrogen-bond donors (Lipinski definition) is 1. The minimum atomic E-state index is -0.949. The van der Waals surface area contributed by atoms with Crippen LogP contribution >= 0.6 is 0 Å². The van der Waals surface area contributed by atoms with Crippen molar-refractivity contribution >= 4 is 11.7 Å². The van der Waals surface area contributed by atoms with Gasteiger partial charge in [-0.15, -0.1) is 0 Å². The standard InChI is InChI=1S/C13H17FN6O/c1-19(13-5-17-10(3-15)4-18-13)7-11-2-9(14)6-20(11)8-12(16)21/h4-5,9,11H,2,6-8H2,1H3,(H2,16,21)/t9-,11-/m0/s1. The van der Waals surface area contributed by atoms with Crippen LogP contribution in [0.1, 0.15) is 12.1 Å². The van der Waals surface area contributed by atoms with Gasteiger partial charge < -0.3 is 10.6 Å². The van der Waals surface area contributed by atoms with Crippen molar-refractivity contribution in [2.24, 2.45) is 5.73 Å². The quantitative estimate of drug-likeness (QED) is 0.798. The maximum absolute atomic E-state index is 13.5. The second kappa shape index (κ2) is 6.45. The molecule has 2 N–H and O–H groups in total. The number of carbonyl (C=O) groups excluding carboxylic acids is 1. The van der Waals surface area contributed by atoms with E-state index in [4.69, 9.17) is 11.0 Å². The highest BCUT2D eigenvalue weighted by Gasteiger charge is 2.33. The Labute approximate surface area is 122 Å². The first-order valence-corrected chi connectivity index (χ1v) is 6.59. The average molecular weight is 292 g/mol. The Morgan fingerprint density at radius 3 is 2.95 bits per heavy atom. The van der Waals surface area contributed by atoms with Crippen molar-refractivity contribution in [3.63, 3.8) is 0 Å². The minimum absolute atomic E-state index is 0.0535. The molecule has 8 heteroatoms. The fourth-order valence-corrected chi connectivity index (χ4v) is 2.49. The fourth-order valence-electron chi connectivity index (χ4n) is 2.49. The van der Waals surface area contributed by atoms with Gasteiger partial charge in [-0.2, -0.15) is 5.26 Å². The molecule has 0 aromatic carbocycles. The number of primary amides is 1. The van der Waals surface area contributed by atoms with Gasteiger partial charge in [0.25, 0.3) is 0 Å². The number of nitrogens with zero attached hydrogens (tertiary/aromatic N) is 5. The van der Waals surface area contributed by atoms with Crippen molar-refractivity contribution in [1.82, 2.24) is 14.9 Å². The Kier molecular flexibility index (Phi) is 4.65. The monoisotopic (exact) mass is 292 g/mol. The van der Waals surface area contributed by atoms with Gasteiger partial charge in [0.15, 0.2) is 5.69 Å². The van der Waals surface area contributed by atoms with Crippen LogP contribution in [0, 0.1) is 11.3 Å². The Hall–Kier alpha value is -2.27. The van der Waals surface area contributed by atoms with Gasteiger partial charge in [0, 0.05) is 26.2 Å². The molecule has 0 spiro atoms. The zero-order chi connectivity index (χ0) is 15.4. The summed E-state index contributed by atoms with van der Waals surface area (Å²) in [6.45, 7) is 0.784. The van der Waals surface area contributed by atoms with Gasteiger partial charge in [-0.1, -0.05) is 0 Å². The SMILES string of the molecule is CN(C[C@@H]1C[C@H](F)CN1CC(N)=O)c1cnc(C#N)cn1. The molecule has 21 heavy (non-hydrogen) atoms. The summed E-state index contributed by atoms with van der Waals surface area (Å²) in [4.78, 5) is 22.7. The second-order valence-corrected chi connectivity index (χ2v) is 5.13. The highest BCUT2D eigenvalue weighted by Crippen LogP contribution is 2.21. The van der Waals surface area contributed by atoms with E-state index in [9.17, 15) is 9.18 Å². The summed E-state index contributed by atoms with van der Waals surface area (Å²) in [7, 11) is 1.81. The molecular formula is C13H17FN6O. The topological polar surface area (TPSA) is 99.1 Å². The van der Waals surface area contributed by atoms with E-state index >= 15 is 0 Å². The van der Waals surface area contributed by atoms with Gasteiger partial charge in [-0.25, -0.2) is 14.4 Å². The first kappa shape index (κ1) is 15.1. The van der Waals surface area contributed by atoms with Crippen molar-refractivity contribution in [2.75, 3.05) is 31.6 Å². The third-order valence-corrected chi connectivity index (χ3v) is 3.46. The summed E-state index contributed by atoms with van der Waals surface area (Å²) in [6.07, 6.45) is 2.30. The molecule has 2 rings (SSSR count). The first-order chi connectivity index (χ1) is 9.99. The highest BCUT2D eigenvalue weighted by molar-refractivity contribution is 5.76. The number of hydrogen-bond acceptors (Lipinski definition) is 6. The second-order valence-electron chi connectivity index (χ2n) is 5.13. The number of nitrogens with two attached hydrogens (primary N) is 1. The van der Waals surface area contributed by atoms with E-state index in [0.717, 1.165) is 0 Å². The molecule has 1 aliphatic heterocycles. The van der Waals surface area contributed by atoms with Crippen molar-refractivity contribution in [1.29, 1.82) is 5.26 Å². The Bertz CT molecular complexity index is 543. The summed E-state index contributed by atoms with van der Waals surface area (Å²) in [5.74, 6) is 0.130. The molecule has 2 heterocycles. The van der Waals surface area contributed by atoms with Crippen LogP contribution in [0.15, 0.2) is 12.4 Å². The minimum Gasteiger partial charge on any atom is -0.369 e. The summed E-state index contributed by atoms with van der Waals surface area (Å²) < 4.78 is 13.5. The van der Waals surface area contributed by atoms with E-state index in [1.54, 1.807) is 4.90 Å². The summed E-state index contributed by atoms with van der Waals surface area (Å²) in [6, 6.07) is 1.80. The average Bonchev–Trinajstić information content (AvgIpc) is 2.77. The number of likely N-dealkylation sites (tertiary alicyclic amines) is 1. The third kappa shape index (κ3) is 3.86. The van der Waals surface area contributed by atoms with Crippen LogP contribution in [-0.4, -0.2) is 59.7 Å². The van der Waals surface area contributed by atoms with Crippen LogP contribution in [0.25, 0.3) is 0 Å². The van der Waals surface area contributed by atoms with Gasteiger partial charge in [0.2, 0.25) is 5.91 Å². The Morgan fingerprint density at radius 1 is 1.62 bits per heavy atom. The number of amides is 1. The summed E-state index contributed by atoms with van der Waals surface area (Å²) >= 11 is 0. The maximum atomic E-state index is 13.5. The molecule has 2 atom stereocenters. The lowest BCUT2D eigenvalue weighted by atomic mass is 10.2. The van der Waals surface area contributed by atoms with Gasteiger partial charge in [0.05, 0.1) is 18.9 Å². The number of halogens is 1. The lowest BCUT2D eigenvalue weighted by Crippen LogP contribution is -2.43. The van der Waals surface area contributed by atoms with E-state index in [1.165, 1.54) is 12.4 Å². The fraction of sp³-hybridized carbons (Fsp3) is 0.538. The van der Waals surface area contributed by atoms with E-state index in [0.29, 0.717) is 18.8 Å². The molecule has 0 radical (unpaired) electrons. The predicted octanol–water partition coefficient (Wildman–Crippen LogP) is -0.318. The Balaban J connectivity index is 2.01. The van der Waals surface area contributed by atoms with Gasteiger partial charge in [0.1, 0.15) is 18.1 Å². The van der Waals surface area contributed by atoms with Crippen LogP contribution in [0.5, 0.6) is 0 Å². The molecule has 1 aliphatic rings. The molecule has 1 fully saturated rings. The number of nitriles is 1. The van der Waals surface area contributed by atoms with Crippen molar-refractivity contribution in [3.8, 4) is 6.07 Å². The van der Waals surface area contributed by atoms with Crippen molar-refractivity contribution in [3.05, 3.63) is 18.1 Å². The van der Waals surface area contributed by atoms with Crippen LogP contribution in [0.4, 0.5) is 10.2 Å². The molecule has 0 aliphatic carbocycles. The first-order valence-electron chi connectivity index (χ1n) is 6.59. The van der Waals surface area contributed by atoms with Crippen LogP contribution in [0.3, 0.4) is 0 Å². The number of rotatable bonds is 5. The molecule has 0 unspecified atom stereocenters. The van der Waals surface area contributed by atoms with Gasteiger partial charge >= 0.3 is 0 Å².